The van der Waals surface area contributed by atoms with Crippen molar-refractivity contribution >= 4 is 11.8 Å². The zero-order valence-corrected chi connectivity index (χ0v) is 32.0. The number of nitrogens with two attached hydrogens (primary N) is 1. The van der Waals surface area contributed by atoms with Crippen molar-refractivity contribution in [1.82, 2.24) is 10.6 Å². The number of hydrogen-bond acceptors (Lipinski definition) is 24. The van der Waals surface area contributed by atoms with E-state index < -0.39 is 161 Å². The highest BCUT2D eigenvalue weighted by molar-refractivity contribution is 5.82. The zero-order chi connectivity index (χ0) is 43.7. The lowest BCUT2D eigenvalue weighted by Gasteiger charge is -2.46. The Bertz CT molecular complexity index is 1290. The quantitative estimate of drug-likeness (QED) is 0.0536. The van der Waals surface area contributed by atoms with Gasteiger partial charge in [0.1, 0.15) is 91.6 Å². The maximum atomic E-state index is 12.5. The fourth-order valence-corrected chi connectivity index (χ4v) is 6.57. The molecular formula is C33H59N3O23. The third kappa shape index (κ3) is 12.6. The van der Waals surface area contributed by atoms with Crippen LogP contribution in [-0.4, -0.2) is 253 Å². The van der Waals surface area contributed by atoms with Crippen LogP contribution in [0.3, 0.4) is 0 Å². The number of ether oxygens (including phenoxy) is 8. The van der Waals surface area contributed by atoms with Crippen LogP contribution in [0, 0.1) is 0 Å². The standard InChI is InChI=1S/C33H59N3O23/c1-11-17(40)21(44)24(47)30(55-11)52-7-5-36-29(51)12(34)2-3-16(39)35-4-6-53-32-27(50)28(59-33-26(49)23(46)19(42)14(9-38)57-33)20(43)15(58-32)10-54-31-25(48)22(45)18(41)13(8-37)56-31/h11-15,17-28,30-33,37-38,40-50H,2-10,34H2,1H3,(H,35,39)(H,36,51)/t11-,12-,13+,14+,15+,17+,18+,19+,20+,21+,22-,23-,24-,25-,26-,27-,28-,30+,31-,32-,33+/m0/s1. The number of nitrogens with one attached hydrogen (secondary N) is 2. The molecule has 0 spiro atoms. The molecule has 0 aliphatic carbocycles. The third-order valence-electron chi connectivity index (χ3n) is 10.3. The summed E-state index contributed by atoms with van der Waals surface area (Å²) in [7, 11) is 0. The van der Waals surface area contributed by atoms with E-state index in [1.54, 1.807) is 0 Å². The van der Waals surface area contributed by atoms with Gasteiger partial charge in [0, 0.05) is 19.5 Å². The minimum Gasteiger partial charge on any atom is -0.394 e. The van der Waals surface area contributed by atoms with Gasteiger partial charge in [-0.05, 0) is 13.3 Å². The molecule has 0 aromatic heterocycles. The second kappa shape index (κ2) is 22.9. The molecule has 4 aliphatic heterocycles. The highest BCUT2D eigenvalue weighted by Gasteiger charge is 2.52. The van der Waals surface area contributed by atoms with Crippen molar-refractivity contribution in [3.05, 3.63) is 0 Å². The third-order valence-corrected chi connectivity index (χ3v) is 10.3. The van der Waals surface area contributed by atoms with Gasteiger partial charge in [-0.1, -0.05) is 0 Å². The monoisotopic (exact) mass is 865 g/mol. The van der Waals surface area contributed by atoms with Crippen LogP contribution in [0.5, 0.6) is 0 Å². The van der Waals surface area contributed by atoms with Crippen LogP contribution < -0.4 is 16.4 Å². The number of aliphatic hydroxyl groups is 13. The fourth-order valence-electron chi connectivity index (χ4n) is 6.57. The summed E-state index contributed by atoms with van der Waals surface area (Å²) < 4.78 is 43.7. The number of amides is 2. The van der Waals surface area contributed by atoms with Gasteiger partial charge in [-0.15, -0.1) is 0 Å². The van der Waals surface area contributed by atoms with E-state index >= 15 is 0 Å². The topological polar surface area (TPSA) is 421 Å². The van der Waals surface area contributed by atoms with Crippen molar-refractivity contribution in [2.75, 3.05) is 46.1 Å². The summed E-state index contributed by atoms with van der Waals surface area (Å²) in [6.45, 7) is -1.47. The molecule has 0 radical (unpaired) electrons. The van der Waals surface area contributed by atoms with Crippen molar-refractivity contribution in [2.24, 2.45) is 5.73 Å². The largest absolute Gasteiger partial charge is 0.394 e. The van der Waals surface area contributed by atoms with E-state index in [0.717, 1.165) is 0 Å². The van der Waals surface area contributed by atoms with Crippen LogP contribution in [0.4, 0.5) is 0 Å². The molecule has 0 unspecified atom stereocenters. The molecule has 0 bridgehead atoms. The first-order valence-corrected chi connectivity index (χ1v) is 19.0. The molecule has 4 fully saturated rings. The lowest BCUT2D eigenvalue weighted by atomic mass is 9.96. The van der Waals surface area contributed by atoms with E-state index in [1.807, 2.05) is 0 Å². The van der Waals surface area contributed by atoms with Crippen molar-refractivity contribution in [3.8, 4) is 0 Å². The van der Waals surface area contributed by atoms with Crippen molar-refractivity contribution < 1.29 is 114 Å². The van der Waals surface area contributed by atoms with E-state index in [-0.39, 0.29) is 39.1 Å². The van der Waals surface area contributed by atoms with Crippen LogP contribution in [0.1, 0.15) is 19.8 Å². The number of carbonyl (C=O) groups excluding carboxylic acids is 2. The van der Waals surface area contributed by atoms with Crippen molar-refractivity contribution in [2.45, 2.75) is 149 Å². The molecule has 26 heteroatoms. The Kier molecular flexibility index (Phi) is 19.3. The smallest absolute Gasteiger partial charge is 0.237 e. The van der Waals surface area contributed by atoms with Crippen LogP contribution in [0.15, 0.2) is 0 Å². The molecule has 4 heterocycles. The first kappa shape index (κ1) is 49.7. The van der Waals surface area contributed by atoms with Gasteiger partial charge in [-0.25, -0.2) is 0 Å². The van der Waals surface area contributed by atoms with Crippen molar-refractivity contribution in [1.29, 1.82) is 0 Å². The molecule has 4 rings (SSSR count). The summed E-state index contributed by atoms with van der Waals surface area (Å²) in [5.74, 6) is -1.16. The van der Waals surface area contributed by atoms with E-state index in [0.29, 0.717) is 0 Å². The molecule has 4 saturated heterocycles. The highest BCUT2D eigenvalue weighted by Crippen LogP contribution is 2.31. The number of rotatable bonds is 19. The predicted molar refractivity (Wildman–Crippen MR) is 187 cm³/mol. The maximum absolute atomic E-state index is 12.5. The first-order chi connectivity index (χ1) is 27.9. The van der Waals surface area contributed by atoms with Gasteiger partial charge in [0.15, 0.2) is 25.2 Å². The summed E-state index contributed by atoms with van der Waals surface area (Å²) in [6, 6.07) is -1.11. The summed E-state index contributed by atoms with van der Waals surface area (Å²) in [4.78, 5) is 24.9. The molecule has 4 aliphatic rings. The number of hydrogen-bond donors (Lipinski definition) is 16. The van der Waals surface area contributed by atoms with E-state index in [4.69, 9.17) is 43.6 Å². The Hall–Kier alpha value is -1.94. The van der Waals surface area contributed by atoms with Gasteiger partial charge in [-0.2, -0.15) is 0 Å². The van der Waals surface area contributed by atoms with Gasteiger partial charge in [-0.3, -0.25) is 9.59 Å². The van der Waals surface area contributed by atoms with Gasteiger partial charge < -0.3 is 121 Å². The molecule has 0 aromatic rings. The SMILES string of the molecule is C[C@@H]1O[C@@H](OCCNC(=O)[C@@H](N)CCC(=O)NCCO[C@H]2O[C@H](CO[C@H]3O[C@H](CO)[C@@H](O)[C@H](O)[C@@H]3O)[C@@H](O)[C@H](O[C@H]3O[C@H](CO)[C@@H](O)[C@H](O)[C@@H]3O)[C@@H]2O)[C@@H](O)[C@H](O)[C@@H]1O. The van der Waals surface area contributed by atoms with Gasteiger partial charge in [0.05, 0.1) is 45.2 Å². The Morgan fingerprint density at radius 1 is 0.576 bits per heavy atom. The average Bonchev–Trinajstić information content (AvgIpc) is 3.22. The summed E-state index contributed by atoms with van der Waals surface area (Å²) in [6.07, 6.45) is -32.4. The van der Waals surface area contributed by atoms with Crippen LogP contribution in [0.2, 0.25) is 0 Å². The lowest BCUT2D eigenvalue weighted by molar-refractivity contribution is -0.366. The number of carbonyl (C=O) groups is 2. The summed E-state index contributed by atoms with van der Waals surface area (Å²) in [5, 5.41) is 137. The molecule has 59 heavy (non-hydrogen) atoms. The van der Waals surface area contributed by atoms with Gasteiger partial charge >= 0.3 is 0 Å². The molecule has 0 saturated carbocycles. The Labute approximate surface area is 336 Å². The lowest BCUT2D eigenvalue weighted by Crippen LogP contribution is -2.65. The van der Waals surface area contributed by atoms with Gasteiger partial charge in [0.25, 0.3) is 0 Å². The normalized spacial score (nSPS) is 43.5. The minimum absolute atomic E-state index is 0.0586. The van der Waals surface area contributed by atoms with Crippen LogP contribution in [0.25, 0.3) is 0 Å². The van der Waals surface area contributed by atoms with Crippen molar-refractivity contribution in [3.63, 3.8) is 0 Å². The maximum Gasteiger partial charge on any atom is 0.237 e. The molecule has 17 N–H and O–H groups in total. The minimum atomic E-state index is -1.94. The Balaban J connectivity index is 1.26. The second-order valence-corrected chi connectivity index (χ2v) is 14.6. The Morgan fingerprint density at radius 3 is 1.63 bits per heavy atom. The number of aliphatic hydroxyl groups excluding tert-OH is 13. The van der Waals surface area contributed by atoms with Gasteiger partial charge in [0.2, 0.25) is 11.8 Å². The Morgan fingerprint density at radius 2 is 1.05 bits per heavy atom. The molecule has 26 nitrogen and oxygen atoms in total. The molecule has 21 atom stereocenters. The molecule has 2 amide bonds. The summed E-state index contributed by atoms with van der Waals surface area (Å²) >= 11 is 0. The predicted octanol–water partition coefficient (Wildman–Crippen LogP) is -10.4. The molecular weight excluding hydrogens is 806 g/mol. The first-order valence-electron chi connectivity index (χ1n) is 19.0. The van der Waals surface area contributed by atoms with E-state index in [2.05, 4.69) is 10.6 Å². The fraction of sp³-hybridized carbons (Fsp3) is 0.939. The van der Waals surface area contributed by atoms with E-state index in [1.165, 1.54) is 6.92 Å². The average molecular weight is 866 g/mol. The molecule has 0 aromatic carbocycles. The van der Waals surface area contributed by atoms with Crippen LogP contribution in [-0.2, 0) is 47.5 Å². The highest BCUT2D eigenvalue weighted by atomic mass is 16.8. The summed E-state index contributed by atoms with van der Waals surface area (Å²) in [5.41, 5.74) is 5.89. The van der Waals surface area contributed by atoms with Crippen LogP contribution >= 0.6 is 0 Å². The second-order valence-electron chi connectivity index (χ2n) is 14.6. The van der Waals surface area contributed by atoms with E-state index in [9.17, 15) is 76.0 Å². The molecule has 344 valence electrons. The zero-order valence-electron chi connectivity index (χ0n) is 32.0.